The molecule has 0 heterocycles. The van der Waals surface area contributed by atoms with Gasteiger partial charge in [0, 0.05) is 16.8 Å². The number of fused-ring (bicyclic) bond motifs is 3. The van der Waals surface area contributed by atoms with Gasteiger partial charge in [0.1, 0.15) is 5.82 Å². The van der Waals surface area contributed by atoms with E-state index in [0.717, 1.165) is 22.5 Å². The highest BCUT2D eigenvalue weighted by atomic mass is 19.1. The lowest BCUT2D eigenvalue weighted by molar-refractivity contribution is 0.629. The van der Waals surface area contributed by atoms with Crippen LogP contribution in [0.3, 0.4) is 0 Å². The van der Waals surface area contributed by atoms with Crippen molar-refractivity contribution in [2.45, 2.75) is 19.3 Å². The summed E-state index contributed by atoms with van der Waals surface area (Å²) in [5, 5.41) is 3.32. The molecule has 0 radical (unpaired) electrons. The standard InChI is InChI=1S/C27H22FN/c1-27(2)24-13-7-6-11-23(24)26-22(12-8-14-25(26)27)18-15-19(28)17-21(16-18)29-20-9-4-3-5-10-20/h3-17,29H,1-2H3. The lowest BCUT2D eigenvalue weighted by Crippen LogP contribution is -2.14. The molecule has 0 unspecified atom stereocenters. The average molecular weight is 379 g/mol. The molecule has 4 aromatic rings. The third kappa shape index (κ3) is 2.92. The molecule has 29 heavy (non-hydrogen) atoms. The normalized spacial score (nSPS) is 13.6. The summed E-state index contributed by atoms with van der Waals surface area (Å²) in [6.45, 7) is 4.52. The Kier molecular flexibility index (Phi) is 4.02. The van der Waals surface area contributed by atoms with Gasteiger partial charge in [-0.15, -0.1) is 0 Å². The van der Waals surface area contributed by atoms with Gasteiger partial charge in [0.2, 0.25) is 0 Å². The van der Waals surface area contributed by atoms with Crippen molar-refractivity contribution in [1.29, 1.82) is 0 Å². The van der Waals surface area contributed by atoms with Gasteiger partial charge in [-0.3, -0.25) is 0 Å². The first kappa shape index (κ1) is 17.7. The Hall–Kier alpha value is -3.39. The molecular weight excluding hydrogens is 357 g/mol. The van der Waals surface area contributed by atoms with Crippen molar-refractivity contribution < 1.29 is 4.39 Å². The van der Waals surface area contributed by atoms with Crippen LogP contribution in [0.2, 0.25) is 0 Å². The van der Waals surface area contributed by atoms with Crippen LogP contribution >= 0.6 is 0 Å². The number of nitrogens with one attached hydrogen (secondary N) is 1. The number of hydrogen-bond donors (Lipinski definition) is 1. The highest BCUT2D eigenvalue weighted by molar-refractivity contribution is 5.93. The Labute approximate surface area is 170 Å². The van der Waals surface area contributed by atoms with Crippen molar-refractivity contribution in [1.82, 2.24) is 0 Å². The molecule has 0 aliphatic heterocycles. The van der Waals surface area contributed by atoms with Crippen LogP contribution < -0.4 is 5.32 Å². The van der Waals surface area contributed by atoms with Crippen LogP contribution in [0.5, 0.6) is 0 Å². The van der Waals surface area contributed by atoms with Crippen LogP contribution in [0.15, 0.2) is 91.0 Å². The van der Waals surface area contributed by atoms with Gasteiger partial charge in [-0.25, -0.2) is 4.39 Å². The zero-order valence-electron chi connectivity index (χ0n) is 16.5. The highest BCUT2D eigenvalue weighted by Crippen LogP contribution is 2.52. The SMILES string of the molecule is CC1(C)c2ccccc2-c2c(-c3cc(F)cc(Nc4ccccc4)c3)cccc21. The predicted octanol–water partition coefficient (Wildman–Crippen LogP) is 7.54. The van der Waals surface area contributed by atoms with Gasteiger partial charge in [0.05, 0.1) is 0 Å². The van der Waals surface area contributed by atoms with Crippen LogP contribution in [0.25, 0.3) is 22.3 Å². The molecule has 142 valence electrons. The molecule has 5 rings (SSSR count). The first-order valence-corrected chi connectivity index (χ1v) is 9.90. The summed E-state index contributed by atoms with van der Waals surface area (Å²) in [5.41, 5.74) is 8.63. The molecule has 1 aliphatic rings. The van der Waals surface area contributed by atoms with Crippen molar-refractivity contribution in [3.63, 3.8) is 0 Å². The summed E-state index contributed by atoms with van der Waals surface area (Å²) in [4.78, 5) is 0. The molecule has 0 aromatic heterocycles. The Morgan fingerprint density at radius 2 is 1.34 bits per heavy atom. The molecule has 1 N–H and O–H groups in total. The molecule has 0 fully saturated rings. The second kappa shape index (κ2) is 6.59. The lowest BCUT2D eigenvalue weighted by Gasteiger charge is -2.21. The van der Waals surface area contributed by atoms with Crippen molar-refractivity contribution in [2.75, 3.05) is 5.32 Å². The molecule has 0 bridgehead atoms. The monoisotopic (exact) mass is 379 g/mol. The van der Waals surface area contributed by atoms with Crippen LogP contribution in [0.4, 0.5) is 15.8 Å². The maximum Gasteiger partial charge on any atom is 0.125 e. The van der Waals surface area contributed by atoms with Gasteiger partial charge in [-0.1, -0.05) is 74.5 Å². The van der Waals surface area contributed by atoms with E-state index in [1.165, 1.54) is 28.3 Å². The number of anilines is 2. The Morgan fingerprint density at radius 3 is 2.17 bits per heavy atom. The number of hydrogen-bond acceptors (Lipinski definition) is 1. The first-order valence-electron chi connectivity index (χ1n) is 9.90. The fraction of sp³-hybridized carbons (Fsp3) is 0.111. The maximum absolute atomic E-state index is 14.6. The van der Waals surface area contributed by atoms with Gasteiger partial charge in [-0.2, -0.15) is 0 Å². The summed E-state index contributed by atoms with van der Waals surface area (Å²) in [5.74, 6) is -0.246. The Morgan fingerprint density at radius 1 is 0.655 bits per heavy atom. The van der Waals surface area contributed by atoms with E-state index in [-0.39, 0.29) is 11.2 Å². The number of rotatable bonds is 3. The van der Waals surface area contributed by atoms with E-state index in [4.69, 9.17) is 0 Å². The predicted molar refractivity (Wildman–Crippen MR) is 119 cm³/mol. The Balaban J connectivity index is 1.67. The largest absolute Gasteiger partial charge is 0.355 e. The second-order valence-corrected chi connectivity index (χ2v) is 8.12. The van der Waals surface area contributed by atoms with Crippen LogP contribution in [0.1, 0.15) is 25.0 Å². The molecule has 0 spiro atoms. The smallest absolute Gasteiger partial charge is 0.125 e. The summed E-state index contributed by atoms with van der Waals surface area (Å²) >= 11 is 0. The summed E-state index contributed by atoms with van der Waals surface area (Å²) in [7, 11) is 0. The lowest BCUT2D eigenvalue weighted by atomic mass is 9.82. The summed E-state index contributed by atoms with van der Waals surface area (Å²) in [6, 6.07) is 30.0. The van der Waals surface area contributed by atoms with E-state index >= 15 is 0 Å². The molecule has 2 heteroatoms. The van der Waals surface area contributed by atoms with E-state index in [1.54, 1.807) is 6.07 Å². The number of halogens is 1. The maximum atomic E-state index is 14.6. The zero-order chi connectivity index (χ0) is 20.0. The molecule has 0 saturated carbocycles. The number of para-hydroxylation sites is 1. The fourth-order valence-electron chi connectivity index (χ4n) is 4.50. The van der Waals surface area contributed by atoms with Gasteiger partial charge < -0.3 is 5.32 Å². The van der Waals surface area contributed by atoms with Crippen molar-refractivity contribution in [2.24, 2.45) is 0 Å². The minimum Gasteiger partial charge on any atom is -0.355 e. The molecular formula is C27H22FN. The molecule has 0 amide bonds. The van der Waals surface area contributed by atoms with E-state index in [2.05, 4.69) is 61.6 Å². The van der Waals surface area contributed by atoms with Crippen LogP contribution in [-0.4, -0.2) is 0 Å². The Bertz CT molecular complexity index is 1210. The third-order valence-corrected chi connectivity index (χ3v) is 5.88. The number of benzene rings is 4. The van der Waals surface area contributed by atoms with Crippen LogP contribution in [0, 0.1) is 5.82 Å². The summed E-state index contributed by atoms with van der Waals surface area (Å²) in [6.07, 6.45) is 0. The van der Waals surface area contributed by atoms with E-state index in [1.807, 2.05) is 36.4 Å². The van der Waals surface area contributed by atoms with Gasteiger partial charge >= 0.3 is 0 Å². The van der Waals surface area contributed by atoms with E-state index in [9.17, 15) is 4.39 Å². The highest BCUT2D eigenvalue weighted by Gasteiger charge is 2.36. The molecule has 0 atom stereocenters. The third-order valence-electron chi connectivity index (χ3n) is 5.88. The van der Waals surface area contributed by atoms with Crippen molar-refractivity contribution in [3.05, 3.63) is 108 Å². The minimum absolute atomic E-state index is 0.0691. The zero-order valence-corrected chi connectivity index (χ0v) is 16.5. The van der Waals surface area contributed by atoms with E-state index < -0.39 is 0 Å². The minimum atomic E-state index is -0.246. The average Bonchev–Trinajstić information content (AvgIpc) is 2.96. The summed E-state index contributed by atoms with van der Waals surface area (Å²) < 4.78 is 14.6. The molecule has 1 aliphatic carbocycles. The first-order chi connectivity index (χ1) is 14.0. The molecule has 0 saturated heterocycles. The van der Waals surface area contributed by atoms with E-state index in [0.29, 0.717) is 0 Å². The topological polar surface area (TPSA) is 12.0 Å². The van der Waals surface area contributed by atoms with Crippen LogP contribution in [-0.2, 0) is 5.41 Å². The second-order valence-electron chi connectivity index (χ2n) is 8.12. The fourth-order valence-corrected chi connectivity index (χ4v) is 4.50. The quantitative estimate of drug-likeness (QED) is 0.388. The van der Waals surface area contributed by atoms with Gasteiger partial charge in [0.15, 0.2) is 0 Å². The molecule has 1 nitrogen and oxygen atoms in total. The van der Waals surface area contributed by atoms with Gasteiger partial charge in [0.25, 0.3) is 0 Å². The molecule has 4 aromatic carbocycles. The van der Waals surface area contributed by atoms with Crippen molar-refractivity contribution in [3.8, 4) is 22.3 Å². The van der Waals surface area contributed by atoms with Gasteiger partial charge in [-0.05, 0) is 63.7 Å². The van der Waals surface area contributed by atoms with Crippen molar-refractivity contribution >= 4 is 11.4 Å².